The minimum absolute atomic E-state index is 0.0235. The molecule has 52 atom stereocenters. The lowest BCUT2D eigenvalue weighted by Gasteiger charge is -2.72. The van der Waals surface area contributed by atoms with Gasteiger partial charge in [-0.05, 0) is 138 Å². The van der Waals surface area contributed by atoms with Gasteiger partial charge in [-0.3, -0.25) is 14.4 Å². The molecular formula is C89H145NO45. The number of hydrogen-bond donors (Lipinski definition) is 25. The van der Waals surface area contributed by atoms with Crippen molar-refractivity contribution in [2.24, 2.45) is 56.2 Å². The highest BCUT2D eigenvalue weighted by molar-refractivity contribution is 5.82. The van der Waals surface area contributed by atoms with Crippen LogP contribution in [0.4, 0.5) is 0 Å². The molecule has 5 saturated carbocycles. The summed E-state index contributed by atoms with van der Waals surface area (Å²) in [5.41, 5.74) is -6.97. The molecule has 13 fully saturated rings. The number of allylic oxidation sites excluding steroid dienone is 2. The molecule has 0 aromatic rings. The Bertz CT molecular complexity index is 4010. The summed E-state index contributed by atoms with van der Waals surface area (Å²) in [4.78, 5) is 43.8. The summed E-state index contributed by atoms with van der Waals surface area (Å²) < 4.78 is 112. The summed E-state index contributed by atoms with van der Waals surface area (Å²) in [6.45, 7) is 15.3. The van der Waals surface area contributed by atoms with Gasteiger partial charge in [0.05, 0.1) is 101 Å². The zero-order valence-electron chi connectivity index (χ0n) is 77.7. The number of fused-ring (bicyclic) bond motifs is 7. The Morgan fingerprint density at radius 2 is 0.963 bits per heavy atom. The second-order valence-electron chi connectivity index (χ2n) is 42.3. The molecule has 135 heavy (non-hydrogen) atoms. The Morgan fingerprint density at radius 3 is 1.60 bits per heavy atom. The van der Waals surface area contributed by atoms with Crippen molar-refractivity contribution in [3.05, 3.63) is 11.6 Å². The lowest BCUT2D eigenvalue weighted by molar-refractivity contribution is -0.392. The predicted molar refractivity (Wildman–Crippen MR) is 446 cm³/mol. The molecule has 0 spiro atoms. The lowest BCUT2D eigenvalue weighted by atomic mass is 9.33. The first kappa shape index (κ1) is 107. The Balaban J connectivity index is 0.752. The molecule has 8 saturated heterocycles. The molecule has 46 nitrogen and oxygen atoms in total. The maximum Gasteiger partial charge on any atom is 0.317 e. The zero-order chi connectivity index (χ0) is 98.8. The quantitative estimate of drug-likeness (QED) is 0.0217. The van der Waals surface area contributed by atoms with Gasteiger partial charge in [-0.1, -0.05) is 60.1 Å². The molecule has 0 bridgehead atoms. The number of rotatable bonds is 26. The highest BCUT2D eigenvalue weighted by Crippen LogP contribution is 2.76. The molecular weight excluding hydrogens is 1800 g/mol. The number of aliphatic hydroxyl groups excluding tert-OH is 24. The maximum absolute atomic E-state index is 16.5. The van der Waals surface area contributed by atoms with E-state index < -0.39 is 384 Å². The van der Waals surface area contributed by atoms with E-state index in [9.17, 15) is 132 Å². The number of nitrogens with one attached hydrogen (secondary N) is 1. The van der Waals surface area contributed by atoms with Crippen LogP contribution < -0.4 is 5.32 Å². The number of aliphatic hydroxyl groups is 24. The van der Waals surface area contributed by atoms with E-state index in [1.807, 2.05) is 20.8 Å². The van der Waals surface area contributed by atoms with Gasteiger partial charge in [0.2, 0.25) is 6.29 Å². The van der Waals surface area contributed by atoms with E-state index >= 15 is 4.79 Å². The summed E-state index contributed by atoms with van der Waals surface area (Å²) in [6.07, 6.45) is -71.3. The van der Waals surface area contributed by atoms with Gasteiger partial charge in [0.25, 0.3) is 5.91 Å². The summed E-state index contributed by atoms with van der Waals surface area (Å²) in [5.74, 6) is -5.48. The van der Waals surface area contributed by atoms with E-state index in [1.54, 1.807) is 0 Å². The summed E-state index contributed by atoms with van der Waals surface area (Å²) in [7, 11) is 0. The van der Waals surface area contributed by atoms with E-state index in [0.717, 1.165) is 12.5 Å². The Hall–Kier alpha value is -3.45. The standard InChI is InChI=1S/C89H145NO45/c1-32-49(101)43(25-91)125-76(50(32)102)130-67-41(99)28-119-75(62(67)114)128-64-33(2)120-77(59(111)56(64)108)133-71-60(112)65(129-79-63(115)69(66(35(4)121-79)123-36(5)96)124-42-15-14-39(97)51(103)53(42)105)34(3)122-80(71)135-82(117)89-22-21-83(6,7)23-38(89)37-13-16-46-85(9)19-18-48(86(10,31-95)45(85)17-20-87(46,11)88(37,12)24-47(89)100)127-81-72(134-78-58(110)55(107)54(106)44(26-92)126-78)68(131-74-57(109)52(104)40(98)27-118-74)61(113)70(132-81)73(116)90-84(8,29-93)30-94/h13,32-35,38-72,74-81,91-95,97-115H,14-31H2,1-12H3,(H,90,116)/t32?,33?,34?,35?,38?,39?,40?,41?,42?,43?,44?,45?,46?,47-,48+,49?,50?,51?,52?,53?,54?,55?,56?,57?,58?,59?,60?,61?,62?,63?,64?,65?,66?,67?,68?,69?,70?,71?,72?,74?,75?,76?,77?,78?,79?,80?,81?,85+,86+,87-,88-,89-/m1/s1. The van der Waals surface area contributed by atoms with E-state index in [-0.39, 0.29) is 38.0 Å². The highest BCUT2D eigenvalue weighted by Gasteiger charge is 2.74. The van der Waals surface area contributed by atoms with Crippen LogP contribution in [0.3, 0.4) is 0 Å². The third-order valence-corrected chi connectivity index (χ3v) is 33.1. The Labute approximate surface area is 779 Å². The molecule has 14 rings (SSSR count). The first-order chi connectivity index (χ1) is 63.4. The van der Waals surface area contributed by atoms with Crippen molar-refractivity contribution in [2.45, 2.75) is 423 Å². The van der Waals surface area contributed by atoms with Gasteiger partial charge in [0.1, 0.15) is 152 Å². The van der Waals surface area contributed by atoms with E-state index in [2.05, 4.69) is 32.2 Å². The van der Waals surface area contributed by atoms with Crippen molar-refractivity contribution < 1.29 is 222 Å². The number of carbonyl (C=O) groups is 3. The average molecular weight is 1950 g/mol. The first-order valence-corrected chi connectivity index (χ1v) is 47.2. The summed E-state index contributed by atoms with van der Waals surface area (Å²) >= 11 is 0. The highest BCUT2D eigenvalue weighted by atomic mass is 16.8. The summed E-state index contributed by atoms with van der Waals surface area (Å²) in [5, 5.41) is 275. The molecule has 25 N–H and O–H groups in total. The molecule has 1 amide bonds. The number of carbonyl (C=O) groups excluding carboxylic acids is 3. The maximum atomic E-state index is 16.5. The van der Waals surface area contributed by atoms with Gasteiger partial charge in [-0.25, -0.2) is 0 Å². The lowest BCUT2D eigenvalue weighted by Crippen LogP contribution is -2.70. The number of hydrogen-bond acceptors (Lipinski definition) is 45. The average Bonchev–Trinajstić information content (AvgIpc) is 0.667. The largest absolute Gasteiger partial charge is 0.457 e. The van der Waals surface area contributed by atoms with E-state index in [1.165, 1.54) is 34.6 Å². The van der Waals surface area contributed by atoms with Crippen LogP contribution in [0.1, 0.15) is 154 Å². The molecule has 0 aromatic heterocycles. The topological polar surface area (TPSA) is 715 Å². The van der Waals surface area contributed by atoms with Gasteiger partial charge in [0.15, 0.2) is 62.3 Å². The molecule has 45 unspecified atom stereocenters. The molecule has 14 aliphatic rings. The van der Waals surface area contributed by atoms with Crippen molar-refractivity contribution in [2.75, 3.05) is 46.2 Å². The fraction of sp³-hybridized carbons (Fsp3) is 0.944. The zero-order valence-corrected chi connectivity index (χ0v) is 77.7. The minimum Gasteiger partial charge on any atom is -0.457 e. The smallest absolute Gasteiger partial charge is 0.317 e. The SMILES string of the molecule is CC(=O)OC1C(C)OC(OC2C(C)OC(OC(=O)[C@]34CCC(C)(C)CC3C3=CCC5[C@@]6(C)CC[C@H](OC7OC(C(=O)NC(C)(CO)CO)C(O)C(OC8OCC(O)C(O)C8O)C7OC7OC(CO)C(O)C(O)C7O)[C@@](C)(CO)C6CC[C@@]5(C)[C@]3(C)C[C@H]4O)C(OC3OC(C)C(OC4OCC(O)C(OC5OC(CO)C(O)C(C)C5O)C4O)C(O)C3O)C2O)C(O)C1OC1CCC(O)C(O)C1O. The van der Waals surface area contributed by atoms with Crippen LogP contribution in [0.2, 0.25) is 0 Å². The van der Waals surface area contributed by atoms with Gasteiger partial charge in [0, 0.05) is 18.3 Å². The van der Waals surface area contributed by atoms with Gasteiger partial charge >= 0.3 is 11.9 Å². The molecule has 0 aromatic carbocycles. The van der Waals surface area contributed by atoms with Crippen LogP contribution in [0.15, 0.2) is 11.6 Å². The fourth-order valence-corrected chi connectivity index (χ4v) is 24.5. The molecule has 776 valence electrons. The van der Waals surface area contributed by atoms with Crippen molar-refractivity contribution in [1.29, 1.82) is 0 Å². The monoisotopic (exact) mass is 1950 g/mol. The molecule has 0 radical (unpaired) electrons. The Kier molecular flexibility index (Phi) is 33.1. The van der Waals surface area contributed by atoms with Crippen molar-refractivity contribution in [1.82, 2.24) is 5.32 Å². The van der Waals surface area contributed by atoms with Crippen LogP contribution >= 0.6 is 0 Å². The minimum atomic E-state index is -2.24. The van der Waals surface area contributed by atoms with Crippen LogP contribution in [0.5, 0.6) is 0 Å². The van der Waals surface area contributed by atoms with Crippen LogP contribution in [0.25, 0.3) is 0 Å². The van der Waals surface area contributed by atoms with Crippen molar-refractivity contribution in [3.63, 3.8) is 0 Å². The second kappa shape index (κ2) is 41.6. The van der Waals surface area contributed by atoms with Gasteiger partial charge in [-0.2, -0.15) is 0 Å². The molecule has 8 heterocycles. The van der Waals surface area contributed by atoms with Crippen LogP contribution in [-0.2, 0) is 99.6 Å². The van der Waals surface area contributed by atoms with E-state index in [0.29, 0.717) is 38.5 Å². The van der Waals surface area contributed by atoms with Crippen molar-refractivity contribution in [3.8, 4) is 0 Å². The number of amides is 1. The predicted octanol–water partition coefficient (Wildman–Crippen LogP) is -8.45. The molecule has 46 heteroatoms. The fourth-order valence-electron chi connectivity index (χ4n) is 24.5. The first-order valence-electron chi connectivity index (χ1n) is 47.2. The van der Waals surface area contributed by atoms with Crippen molar-refractivity contribution >= 4 is 17.8 Å². The molecule has 8 aliphatic heterocycles. The third kappa shape index (κ3) is 19.7. The molecule has 6 aliphatic carbocycles. The summed E-state index contributed by atoms with van der Waals surface area (Å²) in [6, 6.07) is 0. The number of esters is 2. The normalized spacial score (nSPS) is 52.5. The van der Waals surface area contributed by atoms with E-state index in [4.69, 9.17) is 85.3 Å². The van der Waals surface area contributed by atoms with Gasteiger partial charge < -0.3 is 213 Å². The Morgan fingerprint density at radius 1 is 0.437 bits per heavy atom. The van der Waals surface area contributed by atoms with Crippen LogP contribution in [0, 0.1) is 56.2 Å². The third-order valence-electron chi connectivity index (χ3n) is 33.1. The second-order valence-corrected chi connectivity index (χ2v) is 42.3. The van der Waals surface area contributed by atoms with Gasteiger partial charge in [-0.15, -0.1) is 0 Å². The number of ether oxygens (including phenoxy) is 18. The van der Waals surface area contributed by atoms with Crippen LogP contribution in [-0.4, -0.2) is 456 Å².